The minimum Gasteiger partial charge on any atom is -0.506 e. The molecule has 3 nitrogen and oxygen atoms in total. The van der Waals surface area contributed by atoms with Crippen LogP contribution in [-0.2, 0) is 0 Å². The molecule has 40 heavy (non-hydrogen) atoms. The van der Waals surface area contributed by atoms with Gasteiger partial charge in [0.1, 0.15) is 5.75 Å². The van der Waals surface area contributed by atoms with Crippen LogP contribution in [0.1, 0.15) is 16.8 Å². The average Bonchev–Trinajstić information content (AvgIpc) is 3.57. The SMILES string of the molecule is Oc1ccc(C2=[N+]3C(=Cc4c(-c5ccccc5)cc(-c5ccccc5)n4[B-]3(F)F)C(c3ccccc3)=C2)cc1Cl. The Morgan fingerprint density at radius 1 is 0.675 bits per heavy atom. The number of hydrogen-bond donors (Lipinski definition) is 1. The van der Waals surface area contributed by atoms with Crippen LogP contribution in [0, 0.1) is 0 Å². The summed E-state index contributed by atoms with van der Waals surface area (Å²) in [4.78, 5) is 0. The molecule has 0 unspecified atom stereocenters. The molecule has 0 fully saturated rings. The van der Waals surface area contributed by atoms with Gasteiger partial charge in [0, 0.05) is 34.7 Å². The number of aromatic hydroxyl groups is 1. The first kappa shape index (κ1) is 24.4. The minimum atomic E-state index is -4.37. The molecule has 7 rings (SSSR count). The van der Waals surface area contributed by atoms with Crippen LogP contribution < -0.4 is 0 Å². The Kier molecular flexibility index (Phi) is 5.61. The van der Waals surface area contributed by atoms with Gasteiger partial charge in [0.2, 0.25) is 0 Å². The molecule has 4 aromatic carbocycles. The Bertz CT molecular complexity index is 1880. The number of allylic oxidation sites excluding steroid dienone is 2. The van der Waals surface area contributed by atoms with Crippen molar-refractivity contribution in [1.82, 2.24) is 4.48 Å². The number of phenols is 1. The Morgan fingerprint density at radius 2 is 1.27 bits per heavy atom. The molecule has 7 heteroatoms. The van der Waals surface area contributed by atoms with Crippen LogP contribution in [0.25, 0.3) is 34.0 Å². The lowest BCUT2D eigenvalue weighted by Gasteiger charge is -2.32. The second-order valence-corrected chi connectivity index (χ2v) is 10.3. The maximum Gasteiger partial charge on any atom is 0.737 e. The zero-order valence-electron chi connectivity index (χ0n) is 21.2. The summed E-state index contributed by atoms with van der Waals surface area (Å²) >= 11 is 6.24. The van der Waals surface area contributed by atoms with E-state index < -0.39 is 6.97 Å². The van der Waals surface area contributed by atoms with E-state index in [1.54, 1.807) is 12.1 Å². The van der Waals surface area contributed by atoms with Crippen LogP contribution in [0.5, 0.6) is 5.75 Å². The molecule has 2 aliphatic rings. The van der Waals surface area contributed by atoms with Gasteiger partial charge in [-0.2, -0.15) is 0 Å². The Morgan fingerprint density at radius 3 is 1.90 bits per heavy atom. The number of aromatic nitrogens is 1. The molecule has 0 spiro atoms. The first-order valence-electron chi connectivity index (χ1n) is 13.0. The van der Waals surface area contributed by atoms with Gasteiger partial charge < -0.3 is 22.7 Å². The number of nitrogens with zero attached hydrogens (tertiary/aromatic N) is 2. The van der Waals surface area contributed by atoms with Gasteiger partial charge in [-0.15, -0.1) is 0 Å². The number of fused-ring (bicyclic) bond motifs is 2. The van der Waals surface area contributed by atoms with Gasteiger partial charge in [-0.3, -0.25) is 0 Å². The van der Waals surface area contributed by atoms with E-state index in [-0.39, 0.29) is 10.8 Å². The van der Waals surface area contributed by atoms with E-state index in [4.69, 9.17) is 11.6 Å². The fourth-order valence-electron chi connectivity index (χ4n) is 5.71. The number of rotatable bonds is 4. The molecule has 194 valence electrons. The Labute approximate surface area is 235 Å². The normalized spacial score (nSPS) is 15.4. The van der Waals surface area contributed by atoms with Crippen LogP contribution in [0.15, 0.2) is 127 Å². The highest BCUT2D eigenvalue weighted by Crippen LogP contribution is 2.45. The lowest BCUT2D eigenvalue weighted by atomic mass is 9.87. The molecule has 1 aromatic heterocycles. The van der Waals surface area contributed by atoms with Crippen LogP contribution in [0.2, 0.25) is 5.02 Å². The zero-order valence-corrected chi connectivity index (χ0v) is 21.9. The van der Waals surface area contributed by atoms with E-state index in [9.17, 15) is 5.11 Å². The second-order valence-electron chi connectivity index (χ2n) is 9.89. The molecule has 0 amide bonds. The van der Waals surface area contributed by atoms with Crippen molar-refractivity contribution in [2.24, 2.45) is 0 Å². The van der Waals surface area contributed by atoms with Gasteiger partial charge in [0.15, 0.2) is 11.4 Å². The highest BCUT2D eigenvalue weighted by molar-refractivity contribution is 6.59. The van der Waals surface area contributed by atoms with Crippen LogP contribution in [0.3, 0.4) is 0 Å². The molecule has 0 radical (unpaired) electrons. The van der Waals surface area contributed by atoms with Crippen molar-refractivity contribution in [1.29, 1.82) is 0 Å². The molecule has 0 aliphatic carbocycles. The third-order valence-electron chi connectivity index (χ3n) is 7.53. The highest BCUT2D eigenvalue weighted by atomic mass is 35.5. The monoisotopic (exact) mass is 546 g/mol. The second kappa shape index (κ2) is 9.21. The first-order chi connectivity index (χ1) is 19.4. The predicted octanol–water partition coefficient (Wildman–Crippen LogP) is 8.36. The summed E-state index contributed by atoms with van der Waals surface area (Å²) in [5.41, 5.74) is 5.93. The minimum absolute atomic E-state index is 0.0999. The largest absolute Gasteiger partial charge is 0.737 e. The summed E-state index contributed by atoms with van der Waals surface area (Å²) in [6, 6.07) is 34.9. The summed E-state index contributed by atoms with van der Waals surface area (Å²) in [6.07, 6.45) is 3.65. The third-order valence-corrected chi connectivity index (χ3v) is 7.83. The quantitative estimate of drug-likeness (QED) is 0.225. The van der Waals surface area contributed by atoms with Crippen molar-refractivity contribution in [3.8, 4) is 28.1 Å². The van der Waals surface area contributed by atoms with E-state index >= 15 is 8.63 Å². The van der Waals surface area contributed by atoms with E-state index in [0.717, 1.165) is 21.2 Å². The van der Waals surface area contributed by atoms with Gasteiger partial charge in [-0.1, -0.05) is 103 Å². The van der Waals surface area contributed by atoms with Crippen molar-refractivity contribution in [2.75, 3.05) is 0 Å². The molecule has 0 atom stereocenters. The average molecular weight is 547 g/mol. The molecule has 0 bridgehead atoms. The molecule has 2 aliphatic heterocycles. The smallest absolute Gasteiger partial charge is 0.506 e. The van der Waals surface area contributed by atoms with Crippen molar-refractivity contribution in [3.05, 3.63) is 149 Å². The lowest BCUT2D eigenvalue weighted by Crippen LogP contribution is -2.50. The van der Waals surface area contributed by atoms with Crippen molar-refractivity contribution < 1.29 is 18.2 Å². The molecule has 0 saturated heterocycles. The summed E-state index contributed by atoms with van der Waals surface area (Å²) < 4.78 is 36.7. The summed E-state index contributed by atoms with van der Waals surface area (Å²) in [5, 5.41) is 10.1. The van der Waals surface area contributed by atoms with E-state index in [1.165, 1.54) is 16.6 Å². The van der Waals surface area contributed by atoms with Crippen LogP contribution in [0.4, 0.5) is 8.63 Å². The maximum atomic E-state index is 17.2. The van der Waals surface area contributed by atoms with Crippen molar-refractivity contribution >= 4 is 35.9 Å². The molecule has 3 heterocycles. The number of halogens is 3. The fourth-order valence-corrected chi connectivity index (χ4v) is 5.89. The van der Waals surface area contributed by atoms with Gasteiger partial charge in [0.25, 0.3) is 0 Å². The molecule has 1 N–H and O–H groups in total. The zero-order chi connectivity index (χ0) is 27.4. The summed E-state index contributed by atoms with van der Waals surface area (Å²) in [6.45, 7) is -4.37. The molecular formula is C33H22BClF2N2O. The van der Waals surface area contributed by atoms with Crippen molar-refractivity contribution in [2.45, 2.75) is 0 Å². The fraction of sp³-hybridized carbons (Fsp3) is 0. The topological polar surface area (TPSA) is 28.2 Å². The van der Waals surface area contributed by atoms with Crippen LogP contribution in [-0.4, -0.2) is 26.8 Å². The van der Waals surface area contributed by atoms with Gasteiger partial charge in [-0.05, 0) is 41.0 Å². The molecule has 5 aromatic rings. The maximum absolute atomic E-state index is 17.2. The third kappa shape index (κ3) is 3.75. The number of phenolic OH excluding ortho intramolecular Hbond substituents is 1. The first-order valence-corrected chi connectivity index (χ1v) is 13.3. The van der Waals surface area contributed by atoms with Gasteiger partial charge in [-0.25, -0.2) is 0 Å². The van der Waals surface area contributed by atoms with Gasteiger partial charge in [0.05, 0.1) is 10.6 Å². The van der Waals surface area contributed by atoms with Crippen molar-refractivity contribution in [3.63, 3.8) is 0 Å². The van der Waals surface area contributed by atoms with E-state index in [1.807, 2.05) is 103 Å². The Balaban J connectivity index is 1.57. The number of benzene rings is 4. The molecular weight excluding hydrogens is 525 g/mol. The highest BCUT2D eigenvalue weighted by Gasteiger charge is 2.55. The van der Waals surface area contributed by atoms with E-state index in [2.05, 4.69) is 0 Å². The summed E-state index contributed by atoms with van der Waals surface area (Å²) in [5.74, 6) is -0.102. The predicted molar refractivity (Wildman–Crippen MR) is 159 cm³/mol. The lowest BCUT2D eigenvalue weighted by molar-refractivity contribution is -0.358. The van der Waals surface area contributed by atoms with E-state index in [0.29, 0.717) is 39.5 Å². The van der Waals surface area contributed by atoms with Crippen LogP contribution >= 0.6 is 11.6 Å². The standard InChI is InChI=1S/C33H22BClF2N2O/c35-28-18-25(16-17-33(28)40)30-20-27(23-12-6-2-7-13-23)32-21-31-26(22-10-4-1-5-11-22)19-29(24-14-8-3-9-15-24)38(31)34(36,37)39(30)32/h1-21,40H. The molecule has 0 saturated carbocycles. The Hall–Kier alpha value is -4.68. The van der Waals surface area contributed by atoms with Gasteiger partial charge >= 0.3 is 6.97 Å². The number of hydrogen-bond acceptors (Lipinski definition) is 1. The summed E-state index contributed by atoms with van der Waals surface area (Å²) in [7, 11) is 0.